The van der Waals surface area contributed by atoms with E-state index in [9.17, 15) is 9.59 Å². The molecule has 0 aromatic carbocycles. The third-order valence-electron chi connectivity index (χ3n) is 1.16. The Bertz CT molecular complexity index is 259. The second-order valence-electron chi connectivity index (χ2n) is 2.25. The lowest BCUT2D eigenvalue weighted by molar-refractivity contribution is -0.146. The molecule has 0 bridgehead atoms. The molecule has 0 aromatic heterocycles. The van der Waals surface area contributed by atoms with E-state index in [1.54, 1.807) is 12.2 Å². The molecule has 0 fully saturated rings. The second-order valence-corrected chi connectivity index (χ2v) is 2.25. The van der Waals surface area contributed by atoms with Crippen LogP contribution in [0.15, 0.2) is 36.5 Å². The van der Waals surface area contributed by atoms with E-state index in [1.807, 2.05) is 19.1 Å². The molecule has 0 atom stereocenters. The molecule has 0 rings (SSSR count). The van der Waals surface area contributed by atoms with Crippen molar-refractivity contribution in [1.29, 1.82) is 0 Å². The number of carbonyl (C=O) groups excluding carboxylic acids is 1. The SMILES string of the molecule is CCC=CC=CC=CC(=O)C(=O)O. The van der Waals surface area contributed by atoms with Crippen molar-refractivity contribution in [1.82, 2.24) is 0 Å². The zero-order chi connectivity index (χ0) is 10.1. The fourth-order valence-electron chi connectivity index (χ4n) is 0.557. The number of aliphatic carboxylic acids is 1. The average molecular weight is 180 g/mol. The number of hydrogen-bond acceptors (Lipinski definition) is 2. The third kappa shape index (κ3) is 6.75. The van der Waals surface area contributed by atoms with Gasteiger partial charge < -0.3 is 5.11 Å². The summed E-state index contributed by atoms with van der Waals surface area (Å²) in [4.78, 5) is 20.5. The fraction of sp³-hybridized carbons (Fsp3) is 0.200. The zero-order valence-electron chi connectivity index (χ0n) is 7.43. The van der Waals surface area contributed by atoms with E-state index >= 15 is 0 Å². The number of rotatable bonds is 5. The Morgan fingerprint density at radius 1 is 1.15 bits per heavy atom. The number of carbonyl (C=O) groups is 2. The van der Waals surface area contributed by atoms with Crippen LogP contribution in [0.5, 0.6) is 0 Å². The van der Waals surface area contributed by atoms with Crippen molar-refractivity contribution in [2.24, 2.45) is 0 Å². The molecule has 13 heavy (non-hydrogen) atoms. The maximum absolute atomic E-state index is 10.5. The molecule has 0 saturated heterocycles. The van der Waals surface area contributed by atoms with Crippen molar-refractivity contribution in [3.8, 4) is 0 Å². The highest BCUT2D eigenvalue weighted by Gasteiger charge is 2.03. The van der Waals surface area contributed by atoms with Crippen LogP contribution in [0.2, 0.25) is 0 Å². The lowest BCUT2D eigenvalue weighted by Crippen LogP contribution is -2.08. The average Bonchev–Trinajstić information content (AvgIpc) is 2.10. The van der Waals surface area contributed by atoms with Crippen LogP contribution in [0.3, 0.4) is 0 Å². The smallest absolute Gasteiger partial charge is 0.376 e. The number of hydrogen-bond donors (Lipinski definition) is 1. The Labute approximate surface area is 77.1 Å². The van der Waals surface area contributed by atoms with Crippen molar-refractivity contribution in [2.45, 2.75) is 13.3 Å². The number of allylic oxidation sites excluding steroid dienone is 5. The van der Waals surface area contributed by atoms with E-state index in [0.717, 1.165) is 12.5 Å². The van der Waals surface area contributed by atoms with E-state index in [-0.39, 0.29) is 0 Å². The summed E-state index contributed by atoms with van der Waals surface area (Å²) in [6.45, 7) is 2.01. The topological polar surface area (TPSA) is 54.4 Å². The molecule has 3 heteroatoms. The molecule has 0 aliphatic heterocycles. The highest BCUT2D eigenvalue weighted by molar-refractivity contribution is 6.37. The van der Waals surface area contributed by atoms with Crippen molar-refractivity contribution >= 4 is 11.8 Å². The maximum atomic E-state index is 10.5. The number of ketones is 1. The molecule has 3 nitrogen and oxygen atoms in total. The summed E-state index contributed by atoms with van der Waals surface area (Å²) < 4.78 is 0. The Balaban J connectivity index is 3.87. The fourth-order valence-corrected chi connectivity index (χ4v) is 0.557. The lowest BCUT2D eigenvalue weighted by Gasteiger charge is -1.80. The lowest BCUT2D eigenvalue weighted by atomic mass is 10.3. The highest BCUT2D eigenvalue weighted by atomic mass is 16.4. The van der Waals surface area contributed by atoms with E-state index in [0.29, 0.717) is 0 Å². The van der Waals surface area contributed by atoms with Crippen LogP contribution < -0.4 is 0 Å². The van der Waals surface area contributed by atoms with E-state index < -0.39 is 11.8 Å². The van der Waals surface area contributed by atoms with Crippen LogP contribution in [-0.2, 0) is 9.59 Å². The molecule has 0 heterocycles. The molecule has 0 aromatic rings. The van der Waals surface area contributed by atoms with Gasteiger partial charge in [0.2, 0.25) is 0 Å². The zero-order valence-corrected chi connectivity index (χ0v) is 7.43. The van der Waals surface area contributed by atoms with Crippen LogP contribution in [-0.4, -0.2) is 16.9 Å². The summed E-state index contributed by atoms with van der Waals surface area (Å²) in [5.41, 5.74) is 0. The number of carboxylic acids is 1. The Hall–Kier alpha value is -1.64. The maximum Gasteiger partial charge on any atom is 0.376 e. The number of carboxylic acid groups (broad SMARTS) is 1. The van der Waals surface area contributed by atoms with Gasteiger partial charge in [0.15, 0.2) is 0 Å². The summed E-state index contributed by atoms with van der Waals surface area (Å²) in [6, 6.07) is 0. The normalized spacial score (nSPS) is 11.8. The first kappa shape index (κ1) is 11.4. The Kier molecular flexibility index (Phi) is 6.15. The monoisotopic (exact) mass is 180 g/mol. The van der Waals surface area contributed by atoms with E-state index in [2.05, 4.69) is 0 Å². The van der Waals surface area contributed by atoms with Crippen LogP contribution >= 0.6 is 0 Å². The first-order valence-corrected chi connectivity index (χ1v) is 3.95. The Morgan fingerprint density at radius 2 is 1.77 bits per heavy atom. The quantitative estimate of drug-likeness (QED) is 0.398. The Morgan fingerprint density at radius 3 is 2.31 bits per heavy atom. The second kappa shape index (κ2) is 7.03. The summed E-state index contributed by atoms with van der Waals surface area (Å²) in [6.07, 6.45) is 10.5. The van der Waals surface area contributed by atoms with Crippen LogP contribution in [0, 0.1) is 0 Å². The van der Waals surface area contributed by atoms with Gasteiger partial charge >= 0.3 is 5.97 Å². The van der Waals surface area contributed by atoms with Crippen LogP contribution in [0.1, 0.15) is 13.3 Å². The van der Waals surface area contributed by atoms with Crippen LogP contribution in [0.25, 0.3) is 0 Å². The van der Waals surface area contributed by atoms with Gasteiger partial charge in [-0.15, -0.1) is 0 Å². The minimum absolute atomic E-state index is 0.913. The van der Waals surface area contributed by atoms with Gasteiger partial charge in [-0.2, -0.15) is 0 Å². The predicted molar refractivity (Wildman–Crippen MR) is 50.4 cm³/mol. The highest BCUT2D eigenvalue weighted by Crippen LogP contribution is 1.84. The predicted octanol–water partition coefficient (Wildman–Crippen LogP) is 1.72. The molecule has 0 amide bonds. The van der Waals surface area contributed by atoms with Gasteiger partial charge in [-0.3, -0.25) is 4.79 Å². The van der Waals surface area contributed by atoms with Gasteiger partial charge in [-0.1, -0.05) is 37.3 Å². The molecule has 1 N–H and O–H groups in total. The molecule has 0 radical (unpaired) electrons. The van der Waals surface area contributed by atoms with E-state index in [4.69, 9.17) is 5.11 Å². The summed E-state index contributed by atoms with van der Waals surface area (Å²) in [5.74, 6) is -2.35. The first-order chi connectivity index (χ1) is 6.18. The molecule has 0 aliphatic rings. The standard InChI is InChI=1S/C10H12O3/c1-2-3-4-5-6-7-8-9(11)10(12)13/h3-8H,2H2,1H3,(H,12,13). The van der Waals surface area contributed by atoms with Gasteiger partial charge in [-0.05, 0) is 12.5 Å². The van der Waals surface area contributed by atoms with Gasteiger partial charge in [0.05, 0.1) is 0 Å². The molecule has 70 valence electrons. The summed E-state index contributed by atoms with van der Waals surface area (Å²) in [5, 5.41) is 8.18. The van der Waals surface area contributed by atoms with Crippen molar-refractivity contribution in [3.05, 3.63) is 36.5 Å². The van der Waals surface area contributed by atoms with Crippen LogP contribution in [0.4, 0.5) is 0 Å². The van der Waals surface area contributed by atoms with Crippen molar-refractivity contribution in [3.63, 3.8) is 0 Å². The minimum Gasteiger partial charge on any atom is -0.475 e. The van der Waals surface area contributed by atoms with Crippen molar-refractivity contribution < 1.29 is 14.7 Å². The molecule has 0 unspecified atom stereocenters. The van der Waals surface area contributed by atoms with Crippen molar-refractivity contribution in [2.75, 3.05) is 0 Å². The van der Waals surface area contributed by atoms with Gasteiger partial charge in [0.1, 0.15) is 0 Å². The third-order valence-corrected chi connectivity index (χ3v) is 1.16. The van der Waals surface area contributed by atoms with Gasteiger partial charge in [-0.25, -0.2) is 4.79 Å². The summed E-state index contributed by atoms with van der Waals surface area (Å²) >= 11 is 0. The molecule has 0 aliphatic carbocycles. The summed E-state index contributed by atoms with van der Waals surface area (Å²) in [7, 11) is 0. The molecular weight excluding hydrogens is 168 g/mol. The largest absolute Gasteiger partial charge is 0.475 e. The molecule has 0 spiro atoms. The first-order valence-electron chi connectivity index (χ1n) is 3.95. The minimum atomic E-state index is -1.44. The molecule has 0 saturated carbocycles. The van der Waals surface area contributed by atoms with Gasteiger partial charge in [0.25, 0.3) is 5.78 Å². The van der Waals surface area contributed by atoms with E-state index in [1.165, 1.54) is 6.08 Å². The molecular formula is C10H12O3. The van der Waals surface area contributed by atoms with Gasteiger partial charge in [0, 0.05) is 0 Å².